The molecular weight excluding hydrogens is 512 g/mol. The van der Waals surface area contributed by atoms with Crippen molar-refractivity contribution in [3.05, 3.63) is 130 Å². The summed E-state index contributed by atoms with van der Waals surface area (Å²) in [6.07, 6.45) is 4.69. The monoisotopic (exact) mass is 538 g/mol. The second kappa shape index (κ2) is 9.40. The van der Waals surface area contributed by atoms with Gasteiger partial charge in [-0.2, -0.15) is 0 Å². The molecule has 0 amide bonds. The van der Waals surface area contributed by atoms with Crippen molar-refractivity contribution >= 4 is 51.5 Å². The van der Waals surface area contributed by atoms with Gasteiger partial charge in [0.1, 0.15) is 11.5 Å². The van der Waals surface area contributed by atoms with Crippen molar-refractivity contribution in [1.82, 2.24) is 0 Å². The van der Waals surface area contributed by atoms with Gasteiger partial charge in [-0.25, -0.2) is 4.79 Å². The molecular formula is C35H26N2O4. The van der Waals surface area contributed by atoms with Crippen LogP contribution >= 0.6 is 0 Å². The highest BCUT2D eigenvalue weighted by Gasteiger charge is 2.27. The number of carboxylic acid groups (broad SMARTS) is 1. The summed E-state index contributed by atoms with van der Waals surface area (Å²) >= 11 is 0. The number of nitrogens with zero attached hydrogens (tertiary/aromatic N) is 1. The van der Waals surface area contributed by atoms with Crippen molar-refractivity contribution in [2.24, 2.45) is 0 Å². The third-order valence-electron chi connectivity index (χ3n) is 7.83. The van der Waals surface area contributed by atoms with Crippen molar-refractivity contribution in [2.75, 3.05) is 17.7 Å². The van der Waals surface area contributed by atoms with Gasteiger partial charge in [0.2, 0.25) is 0 Å². The number of ether oxygens (including phenoxy) is 1. The minimum Gasteiger partial charge on any atom is -0.478 e. The maximum absolute atomic E-state index is 12.3. The highest BCUT2D eigenvalue weighted by Crippen LogP contribution is 2.43. The lowest BCUT2D eigenvalue weighted by atomic mass is 9.87. The van der Waals surface area contributed by atoms with Gasteiger partial charge in [0.25, 0.3) is 0 Å². The molecule has 1 atom stereocenters. The second-order valence-corrected chi connectivity index (χ2v) is 10.3. The van der Waals surface area contributed by atoms with Gasteiger partial charge in [0, 0.05) is 51.4 Å². The lowest BCUT2D eigenvalue weighted by molar-refractivity contribution is 0.0696. The van der Waals surface area contributed by atoms with Crippen LogP contribution in [-0.4, -0.2) is 29.3 Å². The quantitative estimate of drug-likeness (QED) is 0.260. The van der Waals surface area contributed by atoms with E-state index in [1.807, 2.05) is 79.9 Å². The van der Waals surface area contributed by atoms with Crippen LogP contribution in [0.15, 0.2) is 97.1 Å². The maximum atomic E-state index is 12.3. The Morgan fingerprint density at radius 1 is 0.878 bits per heavy atom. The first kappa shape index (κ1) is 24.7. The van der Waals surface area contributed by atoms with Gasteiger partial charge in [0.05, 0.1) is 11.7 Å². The molecule has 41 heavy (non-hydrogen) atoms. The number of aliphatic hydroxyl groups excluding tert-OH is 1. The van der Waals surface area contributed by atoms with Gasteiger partial charge < -0.3 is 25.6 Å². The number of carbonyl (C=O) groups is 1. The Morgan fingerprint density at radius 2 is 1.66 bits per heavy atom. The molecule has 200 valence electrons. The molecule has 0 radical (unpaired) electrons. The highest BCUT2D eigenvalue weighted by atomic mass is 16.5. The van der Waals surface area contributed by atoms with Gasteiger partial charge in [-0.1, -0.05) is 42.5 Å². The summed E-state index contributed by atoms with van der Waals surface area (Å²) in [6, 6.07) is 28.9. The average Bonchev–Trinajstić information content (AvgIpc) is 2.99. The van der Waals surface area contributed by atoms with Crippen LogP contribution in [0.1, 0.15) is 27.0 Å². The summed E-state index contributed by atoms with van der Waals surface area (Å²) in [7, 11) is 2.01. The summed E-state index contributed by atoms with van der Waals surface area (Å²) < 4.78 is 6.73. The lowest BCUT2D eigenvalue weighted by Gasteiger charge is -2.26. The third-order valence-corrected chi connectivity index (χ3v) is 7.83. The topological polar surface area (TPSA) is 96.0 Å². The van der Waals surface area contributed by atoms with Crippen LogP contribution in [0.3, 0.4) is 0 Å². The molecule has 0 saturated carbocycles. The van der Waals surface area contributed by atoms with Crippen LogP contribution < -0.4 is 25.8 Å². The van der Waals surface area contributed by atoms with E-state index in [9.17, 15) is 15.0 Å². The molecule has 0 saturated heterocycles. The van der Waals surface area contributed by atoms with E-state index in [0.717, 1.165) is 49.3 Å². The van der Waals surface area contributed by atoms with Crippen molar-refractivity contribution in [3.63, 3.8) is 0 Å². The molecule has 6 nitrogen and oxygen atoms in total. The van der Waals surface area contributed by atoms with Gasteiger partial charge in [-0.3, -0.25) is 0 Å². The van der Waals surface area contributed by atoms with Crippen molar-refractivity contribution < 1.29 is 19.7 Å². The van der Waals surface area contributed by atoms with Crippen molar-refractivity contribution in [3.8, 4) is 11.5 Å². The van der Waals surface area contributed by atoms with Gasteiger partial charge in [-0.05, 0) is 82.9 Å². The molecule has 7 rings (SSSR count). The Hall–Kier alpha value is -5.33. The van der Waals surface area contributed by atoms with Gasteiger partial charge in [-0.15, -0.1) is 0 Å². The molecule has 0 spiro atoms. The summed E-state index contributed by atoms with van der Waals surface area (Å²) in [5, 5.41) is 23.8. The number of aromatic carboxylic acids is 1. The summed E-state index contributed by atoms with van der Waals surface area (Å²) in [5.74, 6) is 0.313. The van der Waals surface area contributed by atoms with Crippen molar-refractivity contribution in [2.45, 2.75) is 6.10 Å². The molecule has 1 aliphatic heterocycles. The minimum absolute atomic E-state index is 0.220. The Labute approximate surface area is 236 Å². The second-order valence-electron chi connectivity index (χ2n) is 10.3. The van der Waals surface area contributed by atoms with Crippen LogP contribution in [0, 0.1) is 0 Å². The number of aliphatic hydroxyl groups is 1. The van der Waals surface area contributed by atoms with E-state index in [1.165, 1.54) is 0 Å². The summed E-state index contributed by atoms with van der Waals surface area (Å²) in [6.45, 7) is 0. The number of anilines is 3. The number of fused-ring (bicyclic) bond motifs is 6. The van der Waals surface area contributed by atoms with Gasteiger partial charge in [0.15, 0.2) is 0 Å². The first-order valence-corrected chi connectivity index (χ1v) is 13.3. The van der Waals surface area contributed by atoms with E-state index < -0.39 is 12.1 Å². The van der Waals surface area contributed by atoms with E-state index in [4.69, 9.17) is 10.5 Å². The van der Waals surface area contributed by atoms with Crippen LogP contribution in [0.2, 0.25) is 0 Å². The zero-order chi connectivity index (χ0) is 28.2. The number of hydrogen-bond donors (Lipinski definition) is 3. The molecule has 4 N–H and O–H groups in total. The Balaban J connectivity index is 1.48. The third kappa shape index (κ3) is 4.04. The number of rotatable bonds is 4. The molecule has 1 unspecified atom stereocenters. The molecule has 0 aromatic heterocycles. The van der Waals surface area contributed by atoms with Crippen LogP contribution in [-0.2, 0) is 0 Å². The number of nitrogens with two attached hydrogens (primary N) is 1. The Morgan fingerprint density at radius 3 is 2.46 bits per heavy atom. The van der Waals surface area contributed by atoms with E-state index in [1.54, 1.807) is 24.3 Å². The first-order chi connectivity index (χ1) is 19.9. The molecule has 1 heterocycles. The fraction of sp³-hybridized carbons (Fsp3) is 0.0571. The smallest absolute Gasteiger partial charge is 0.336 e. The fourth-order valence-electron chi connectivity index (χ4n) is 5.75. The number of hydrogen-bond acceptors (Lipinski definition) is 5. The van der Waals surface area contributed by atoms with Crippen molar-refractivity contribution in [1.29, 1.82) is 0 Å². The van der Waals surface area contributed by atoms with E-state index in [2.05, 4.69) is 17.0 Å². The normalized spacial score (nSPS) is 14.9. The van der Waals surface area contributed by atoms with E-state index >= 15 is 0 Å². The number of nitrogen functional groups attached to an aromatic ring is 1. The van der Waals surface area contributed by atoms with Crippen LogP contribution in [0.5, 0.6) is 11.5 Å². The molecule has 2 aliphatic rings. The molecule has 6 heteroatoms. The molecule has 1 aliphatic carbocycles. The van der Waals surface area contributed by atoms with Crippen LogP contribution in [0.25, 0.3) is 28.5 Å². The van der Waals surface area contributed by atoms with E-state index in [0.29, 0.717) is 22.7 Å². The standard InChI is InChI=1S/C35H26N2O4/c1-37(23-10-8-22(36)9-11-23)24-12-16-26-20(18-24)6-14-30-32(28-4-2-3-5-29(28)35(39)40)31-15-7-21-19-25(38)13-17-27(21)34(31)41-33(26)30/h2-19,25,38H,36H2,1H3,(H,39,40). The van der Waals surface area contributed by atoms with E-state index in [-0.39, 0.29) is 5.56 Å². The van der Waals surface area contributed by atoms with Gasteiger partial charge >= 0.3 is 5.97 Å². The Bertz CT molecular complexity index is 2040. The fourth-order valence-corrected chi connectivity index (χ4v) is 5.75. The SMILES string of the molecule is CN(c1ccc(N)cc1)c1ccc2c3c(ccc2c1)C(c1ccccc1C(=O)O)=c1ccc2c(c1O3)C=CC(O)C=2. The first-order valence-electron chi connectivity index (χ1n) is 13.3. The summed E-state index contributed by atoms with van der Waals surface area (Å²) in [4.78, 5) is 14.4. The molecule has 5 aromatic rings. The Kier molecular flexibility index (Phi) is 5.66. The molecule has 0 bridgehead atoms. The lowest BCUT2D eigenvalue weighted by Crippen LogP contribution is -2.25. The zero-order valence-electron chi connectivity index (χ0n) is 22.2. The zero-order valence-corrected chi connectivity index (χ0v) is 22.2. The number of benzene rings is 5. The molecule has 5 aromatic carbocycles. The highest BCUT2D eigenvalue weighted by molar-refractivity contribution is 6.03. The minimum atomic E-state index is -0.992. The maximum Gasteiger partial charge on any atom is 0.336 e. The van der Waals surface area contributed by atoms with Crippen LogP contribution in [0.4, 0.5) is 17.1 Å². The molecule has 0 fully saturated rings. The average molecular weight is 539 g/mol. The predicted octanol–water partition coefficient (Wildman–Crippen LogP) is 5.41. The number of carboxylic acids is 1. The largest absolute Gasteiger partial charge is 0.478 e. The summed E-state index contributed by atoms with van der Waals surface area (Å²) in [5.41, 5.74) is 11.9. The predicted molar refractivity (Wildman–Crippen MR) is 163 cm³/mol.